The zero-order chi connectivity index (χ0) is 77.7. The molecule has 0 saturated heterocycles. The van der Waals surface area contributed by atoms with Crippen molar-refractivity contribution in [1.82, 2.24) is 0 Å². The largest absolute Gasteiger partial charge is 0.456 e. The molecule has 0 N–H and O–H groups in total. The van der Waals surface area contributed by atoms with E-state index in [2.05, 4.69) is 368 Å². The maximum atomic E-state index is 7.25. The van der Waals surface area contributed by atoms with E-state index in [0.717, 1.165) is 111 Å². The molecule has 28 rings (SSSR count). The van der Waals surface area contributed by atoms with E-state index in [1.165, 1.54) is 161 Å². The topological polar surface area (TPSA) is 55.8 Å². The van der Waals surface area contributed by atoms with Gasteiger partial charge in [-0.2, -0.15) is 0 Å². The van der Waals surface area contributed by atoms with Crippen LogP contribution < -0.4 is 4.90 Å². The molecule has 4 aromatic heterocycles. The zero-order valence-corrected chi connectivity index (χ0v) is 65.7. The molecule has 0 saturated carbocycles. The normalized spacial score (nSPS) is 15.7. The first-order chi connectivity index (χ1) is 57.8. The zero-order valence-electron chi connectivity index (χ0n) is 65.7. The van der Waals surface area contributed by atoms with Crippen molar-refractivity contribution < 1.29 is 17.7 Å². The van der Waals surface area contributed by atoms with Crippen LogP contribution in [0.5, 0.6) is 0 Å². The van der Waals surface area contributed by atoms with Crippen LogP contribution in [0.4, 0.5) is 17.1 Å². The number of para-hydroxylation sites is 4. The van der Waals surface area contributed by atoms with E-state index in [0.29, 0.717) is 0 Å². The molecule has 0 amide bonds. The highest BCUT2D eigenvalue weighted by molar-refractivity contribution is 6.24. The first kappa shape index (κ1) is 64.1. The smallest absolute Gasteiger partial charge is 0.144 e. The fourth-order valence-electron chi connectivity index (χ4n) is 24.7. The first-order valence-corrected chi connectivity index (χ1v) is 41.6. The Kier molecular flexibility index (Phi) is 11.6. The van der Waals surface area contributed by atoms with Gasteiger partial charge in [0.1, 0.15) is 44.7 Å². The summed E-state index contributed by atoms with van der Waals surface area (Å²) in [7, 11) is 0. The fourth-order valence-corrected chi connectivity index (χ4v) is 24.7. The second-order valence-electron chi connectivity index (χ2n) is 35.8. The Morgan fingerprint density at radius 2 is 0.559 bits per heavy atom. The van der Waals surface area contributed by atoms with E-state index in [9.17, 15) is 0 Å². The van der Waals surface area contributed by atoms with E-state index >= 15 is 0 Å². The molecule has 552 valence electrons. The van der Waals surface area contributed by atoms with E-state index in [-0.39, 0.29) is 5.41 Å². The third kappa shape index (κ3) is 7.35. The minimum atomic E-state index is -0.765. The molecule has 0 unspecified atom stereocenters. The summed E-state index contributed by atoms with van der Waals surface area (Å²) in [4.78, 5) is 2.62. The van der Waals surface area contributed by atoms with E-state index in [4.69, 9.17) is 17.7 Å². The number of nitrogens with zero attached hydrogens (tertiary/aromatic N) is 1. The lowest BCUT2D eigenvalue weighted by atomic mass is 9.68. The van der Waals surface area contributed by atoms with Crippen molar-refractivity contribution in [2.75, 3.05) is 4.90 Å². The van der Waals surface area contributed by atoms with Crippen molar-refractivity contribution in [1.29, 1.82) is 0 Å². The third-order valence-electron chi connectivity index (χ3n) is 29.4. The van der Waals surface area contributed by atoms with E-state index in [1.54, 1.807) is 0 Å². The number of benzene rings is 17. The highest BCUT2D eigenvalue weighted by atomic mass is 16.3. The van der Waals surface area contributed by atoms with Gasteiger partial charge in [0.15, 0.2) is 0 Å². The molecule has 0 atom stereocenters. The predicted octanol–water partition coefficient (Wildman–Crippen LogP) is 30.0. The van der Waals surface area contributed by atoms with Crippen LogP contribution in [0.1, 0.15) is 119 Å². The lowest BCUT2D eigenvalue weighted by Crippen LogP contribution is -2.27. The lowest BCUT2D eigenvalue weighted by Gasteiger charge is -2.33. The van der Waals surface area contributed by atoms with Crippen LogP contribution in [0.3, 0.4) is 0 Å². The van der Waals surface area contributed by atoms with Crippen molar-refractivity contribution in [3.05, 3.63) is 399 Å². The van der Waals surface area contributed by atoms with Crippen LogP contribution in [0, 0.1) is 0 Å². The first-order valence-electron chi connectivity index (χ1n) is 41.6. The van der Waals surface area contributed by atoms with Crippen LogP contribution in [0.15, 0.2) is 339 Å². The second-order valence-corrected chi connectivity index (χ2v) is 35.8. The Balaban J connectivity index is 0.715. The SMILES string of the molecule is CC1(C)c2cc(N(c3ccc4c(c3)C(C)(C)c3c5c(c6oc7ccccc7c6c3-4)-c3ccccc3C5(C)C)c3ccc4c(c3)C3(c5ccccc5-c5ccccc53)c3cc5c(cc3-4)C3(c4ccccc4-c4ccccc43)c3ccc4oc6ccccc6c4c3-5)ccc2-c2c1cc(-c1cccc3oc4ccccc4c13)c1oc3ccccc3c21. The molecule has 7 aliphatic rings. The van der Waals surface area contributed by atoms with Gasteiger partial charge < -0.3 is 22.6 Å². The highest BCUT2D eigenvalue weighted by Crippen LogP contribution is 2.71. The van der Waals surface area contributed by atoms with Crippen LogP contribution in [0.2, 0.25) is 0 Å². The maximum Gasteiger partial charge on any atom is 0.144 e. The van der Waals surface area contributed by atoms with Crippen molar-refractivity contribution in [3.63, 3.8) is 0 Å². The predicted molar refractivity (Wildman–Crippen MR) is 481 cm³/mol. The number of rotatable bonds is 4. The van der Waals surface area contributed by atoms with Gasteiger partial charge in [-0.25, -0.2) is 0 Å². The number of anilines is 3. The van der Waals surface area contributed by atoms with Crippen molar-refractivity contribution in [2.45, 2.75) is 68.6 Å². The molecule has 4 heterocycles. The third-order valence-corrected chi connectivity index (χ3v) is 29.4. The number of fused-ring (bicyclic) bond motifs is 46. The molecule has 5 heteroatoms. The summed E-state index contributed by atoms with van der Waals surface area (Å²) in [5, 5.41) is 9.02. The summed E-state index contributed by atoms with van der Waals surface area (Å²) >= 11 is 0. The number of hydrogen-bond donors (Lipinski definition) is 0. The Bertz CT molecular complexity index is 8230. The van der Waals surface area contributed by atoms with Gasteiger partial charge in [0.25, 0.3) is 0 Å². The van der Waals surface area contributed by atoms with Crippen LogP contribution in [-0.2, 0) is 27.1 Å². The molecule has 0 fully saturated rings. The molecule has 0 aliphatic heterocycles. The Morgan fingerprint density at radius 1 is 0.195 bits per heavy atom. The Labute approximate surface area is 679 Å². The number of hydrogen-bond acceptors (Lipinski definition) is 5. The Morgan fingerprint density at radius 3 is 1.15 bits per heavy atom. The summed E-state index contributed by atoms with van der Waals surface area (Å²) < 4.78 is 28.1. The monoisotopic (exact) mass is 1510 g/mol. The molecule has 5 nitrogen and oxygen atoms in total. The summed E-state index contributed by atoms with van der Waals surface area (Å²) in [6.45, 7) is 14.7. The average Bonchev–Trinajstić information content (AvgIpc) is 1.49. The summed E-state index contributed by atoms with van der Waals surface area (Å²) in [6, 6.07) is 122. The second kappa shape index (κ2) is 21.4. The molecule has 0 bridgehead atoms. The molecule has 7 aliphatic carbocycles. The molecule has 17 aromatic carbocycles. The summed E-state index contributed by atoms with van der Waals surface area (Å²) in [6.07, 6.45) is 0. The number of furan rings is 4. The summed E-state index contributed by atoms with van der Waals surface area (Å²) in [5.74, 6) is 0. The van der Waals surface area contributed by atoms with E-state index < -0.39 is 21.7 Å². The lowest BCUT2D eigenvalue weighted by molar-refractivity contribution is 0.600. The van der Waals surface area contributed by atoms with Gasteiger partial charge in [-0.15, -0.1) is 0 Å². The molecular weight excluding hydrogens is 1440 g/mol. The highest BCUT2D eigenvalue weighted by Gasteiger charge is 2.58. The van der Waals surface area contributed by atoms with Crippen LogP contribution in [0.25, 0.3) is 177 Å². The van der Waals surface area contributed by atoms with Gasteiger partial charge in [-0.1, -0.05) is 272 Å². The van der Waals surface area contributed by atoms with Gasteiger partial charge in [-0.3, -0.25) is 0 Å². The van der Waals surface area contributed by atoms with Crippen LogP contribution in [-0.4, -0.2) is 0 Å². The van der Waals surface area contributed by atoms with Crippen molar-refractivity contribution in [2.24, 2.45) is 0 Å². The van der Waals surface area contributed by atoms with Gasteiger partial charge in [-0.05, 0) is 247 Å². The molecule has 118 heavy (non-hydrogen) atoms. The van der Waals surface area contributed by atoms with Crippen molar-refractivity contribution in [3.8, 4) is 89.0 Å². The quantitative estimate of drug-likeness (QED) is 0.176. The minimum absolute atomic E-state index is 0.326. The standard InChI is InChI=1S/C113H71NO4/c1-109(2)85-54-60(47-50-70(85)98-90(109)58-77(107-102(98)74-33-14-23-43-93(74)117-107)68-35-25-45-95-97(68)72-31-12-21-41-91(72)115-95)114(61-48-51-71-86(55-61)111(5,6)105-101(71)103-75-34-15-24-44-94(75)118-108(103)104-69-30-11-16-36-79(69)110(3,4)106(104)105)62-46-49-67-76-57-89-78(59-88(76)113(87(67)56-62)82-39-19-9-28-65(82)66-29-10-20-40-83(66)113)99-84(52-53-96-100(99)73-32-13-22-42-92(73)116-96)112(89)80-37-17-7-26-63(80)64-27-8-18-38-81(64)112/h7-59H,1-6H3. The maximum absolute atomic E-state index is 7.25. The van der Waals surface area contributed by atoms with Gasteiger partial charge in [0.05, 0.1) is 10.8 Å². The van der Waals surface area contributed by atoms with Crippen molar-refractivity contribution >= 4 is 105 Å². The van der Waals surface area contributed by atoms with Gasteiger partial charge in [0.2, 0.25) is 0 Å². The van der Waals surface area contributed by atoms with E-state index in [1.807, 2.05) is 0 Å². The molecule has 2 spiro atoms. The van der Waals surface area contributed by atoms with Crippen LogP contribution >= 0.6 is 0 Å². The Hall–Kier alpha value is -14.3. The summed E-state index contributed by atoms with van der Waals surface area (Å²) in [5.41, 5.74) is 45.5. The fraction of sp³-hybridized carbons (Fsp3) is 0.0973. The molecule has 21 aromatic rings. The minimum Gasteiger partial charge on any atom is -0.456 e. The molecule has 0 radical (unpaired) electrons. The average molecular weight is 1510 g/mol. The molecular formula is C113H71NO4. The van der Waals surface area contributed by atoms with Gasteiger partial charge >= 0.3 is 0 Å². The van der Waals surface area contributed by atoms with Gasteiger partial charge in [0, 0.05) is 87.5 Å².